The number of hydrogen-bond acceptors (Lipinski definition) is 3. The highest BCUT2D eigenvalue weighted by Crippen LogP contribution is 2.26. The van der Waals surface area contributed by atoms with Crippen LogP contribution in [0.1, 0.15) is 13.8 Å². The van der Waals surface area contributed by atoms with Gasteiger partial charge in [0.1, 0.15) is 0 Å². The van der Waals surface area contributed by atoms with Crippen molar-refractivity contribution in [3.8, 4) is 0 Å². The number of nitrogens with zero attached hydrogens (tertiary/aromatic N) is 2. The number of fused-ring (bicyclic) bond motifs is 1. The molecule has 1 unspecified atom stereocenters. The molecule has 1 fully saturated rings. The summed E-state index contributed by atoms with van der Waals surface area (Å²) in [6.07, 6.45) is 1.86. The molecule has 1 N–H and O–H groups in total. The summed E-state index contributed by atoms with van der Waals surface area (Å²) in [6.45, 7) is 7.76. The molecule has 0 amide bonds. The number of hydrogen-bond donors (Lipinski definition) is 1. The lowest BCUT2D eigenvalue weighted by Gasteiger charge is -2.37. The standard InChI is InChI=1S/C16H21N3/c1-12(2)15-11-19(10-9-18-15)16-7-3-6-14-13(16)5-4-8-17-14/h3-8,12,15,18H,9-11H2,1-2H3. The van der Waals surface area contributed by atoms with Crippen molar-refractivity contribution in [3.63, 3.8) is 0 Å². The van der Waals surface area contributed by atoms with Gasteiger partial charge in [-0.3, -0.25) is 4.98 Å². The van der Waals surface area contributed by atoms with E-state index in [2.05, 4.69) is 53.3 Å². The van der Waals surface area contributed by atoms with Crippen LogP contribution in [0, 0.1) is 5.92 Å². The van der Waals surface area contributed by atoms with Crippen molar-refractivity contribution < 1.29 is 0 Å². The summed E-state index contributed by atoms with van der Waals surface area (Å²) in [6, 6.07) is 11.2. The third kappa shape index (κ3) is 2.43. The second kappa shape index (κ2) is 5.17. The van der Waals surface area contributed by atoms with E-state index in [-0.39, 0.29) is 0 Å². The van der Waals surface area contributed by atoms with Crippen LogP contribution in [0.15, 0.2) is 36.5 Å². The van der Waals surface area contributed by atoms with Crippen molar-refractivity contribution in [3.05, 3.63) is 36.5 Å². The molecule has 1 aliphatic rings. The Morgan fingerprint density at radius 3 is 3.00 bits per heavy atom. The summed E-state index contributed by atoms with van der Waals surface area (Å²) in [7, 11) is 0. The summed E-state index contributed by atoms with van der Waals surface area (Å²) >= 11 is 0. The first-order valence-electron chi connectivity index (χ1n) is 7.08. The molecule has 1 aromatic carbocycles. The first-order chi connectivity index (χ1) is 9.25. The minimum Gasteiger partial charge on any atom is -0.368 e. The molecule has 2 heterocycles. The SMILES string of the molecule is CC(C)C1CN(c2cccc3ncccc23)CCN1. The number of benzene rings is 1. The Bertz CT molecular complexity index is 559. The van der Waals surface area contributed by atoms with Crippen LogP contribution in [0.4, 0.5) is 5.69 Å². The van der Waals surface area contributed by atoms with Crippen molar-refractivity contribution in [1.29, 1.82) is 0 Å². The normalized spacial score (nSPS) is 20.2. The van der Waals surface area contributed by atoms with Gasteiger partial charge >= 0.3 is 0 Å². The maximum absolute atomic E-state index is 4.45. The highest BCUT2D eigenvalue weighted by Gasteiger charge is 2.22. The molecule has 1 aliphatic heterocycles. The number of anilines is 1. The topological polar surface area (TPSA) is 28.2 Å². The molecule has 1 aromatic heterocycles. The van der Waals surface area contributed by atoms with Crippen LogP contribution in [0.25, 0.3) is 10.9 Å². The zero-order valence-corrected chi connectivity index (χ0v) is 11.6. The molecule has 3 rings (SSSR count). The number of piperazine rings is 1. The van der Waals surface area contributed by atoms with Crippen LogP contribution in [0.5, 0.6) is 0 Å². The van der Waals surface area contributed by atoms with Crippen molar-refractivity contribution in [2.24, 2.45) is 5.92 Å². The Kier molecular flexibility index (Phi) is 3.38. The van der Waals surface area contributed by atoms with E-state index in [4.69, 9.17) is 0 Å². The molecule has 2 aromatic rings. The van der Waals surface area contributed by atoms with Crippen molar-refractivity contribution in [2.75, 3.05) is 24.5 Å². The predicted octanol–water partition coefficient (Wildman–Crippen LogP) is 2.67. The predicted molar refractivity (Wildman–Crippen MR) is 80.6 cm³/mol. The fourth-order valence-corrected chi connectivity index (χ4v) is 2.81. The fourth-order valence-electron chi connectivity index (χ4n) is 2.81. The van der Waals surface area contributed by atoms with Crippen molar-refractivity contribution in [1.82, 2.24) is 10.3 Å². The molecule has 0 aliphatic carbocycles. The van der Waals surface area contributed by atoms with Gasteiger partial charge in [0, 0.05) is 42.9 Å². The van der Waals surface area contributed by atoms with Gasteiger partial charge < -0.3 is 10.2 Å². The summed E-state index contributed by atoms with van der Waals surface area (Å²) in [4.78, 5) is 6.94. The van der Waals surface area contributed by atoms with E-state index >= 15 is 0 Å². The van der Waals surface area contributed by atoms with Crippen LogP contribution >= 0.6 is 0 Å². The van der Waals surface area contributed by atoms with E-state index in [1.54, 1.807) is 0 Å². The second-order valence-electron chi connectivity index (χ2n) is 5.60. The zero-order valence-electron chi connectivity index (χ0n) is 11.6. The quantitative estimate of drug-likeness (QED) is 0.894. The lowest BCUT2D eigenvalue weighted by molar-refractivity contribution is 0.369. The Morgan fingerprint density at radius 2 is 2.16 bits per heavy atom. The zero-order chi connectivity index (χ0) is 13.2. The summed E-state index contributed by atoms with van der Waals surface area (Å²) in [5, 5.41) is 4.87. The molecule has 0 saturated carbocycles. The van der Waals surface area contributed by atoms with E-state index in [1.165, 1.54) is 11.1 Å². The first kappa shape index (κ1) is 12.4. The van der Waals surface area contributed by atoms with E-state index < -0.39 is 0 Å². The van der Waals surface area contributed by atoms with Gasteiger partial charge in [0.2, 0.25) is 0 Å². The van der Waals surface area contributed by atoms with Crippen molar-refractivity contribution in [2.45, 2.75) is 19.9 Å². The lowest BCUT2D eigenvalue weighted by Crippen LogP contribution is -2.53. The summed E-state index contributed by atoms with van der Waals surface area (Å²) < 4.78 is 0. The molecule has 0 bridgehead atoms. The van der Waals surface area contributed by atoms with Gasteiger partial charge in [0.15, 0.2) is 0 Å². The van der Waals surface area contributed by atoms with Gasteiger partial charge in [-0.05, 0) is 30.2 Å². The van der Waals surface area contributed by atoms with Gasteiger partial charge in [-0.1, -0.05) is 19.9 Å². The molecule has 3 heteroatoms. The highest BCUT2D eigenvalue weighted by molar-refractivity contribution is 5.91. The highest BCUT2D eigenvalue weighted by atomic mass is 15.2. The average Bonchev–Trinajstić information content (AvgIpc) is 2.47. The van der Waals surface area contributed by atoms with E-state index in [0.717, 1.165) is 25.2 Å². The van der Waals surface area contributed by atoms with Gasteiger partial charge in [-0.2, -0.15) is 0 Å². The molecular formula is C16H21N3. The first-order valence-corrected chi connectivity index (χ1v) is 7.08. The summed E-state index contributed by atoms with van der Waals surface area (Å²) in [5.41, 5.74) is 2.40. The molecule has 19 heavy (non-hydrogen) atoms. The van der Waals surface area contributed by atoms with Gasteiger partial charge in [-0.25, -0.2) is 0 Å². The molecule has 0 radical (unpaired) electrons. The largest absolute Gasteiger partial charge is 0.368 e. The van der Waals surface area contributed by atoms with E-state index in [9.17, 15) is 0 Å². The number of aromatic nitrogens is 1. The second-order valence-corrected chi connectivity index (χ2v) is 5.60. The van der Waals surface area contributed by atoms with E-state index in [0.29, 0.717) is 12.0 Å². The third-order valence-corrected chi connectivity index (χ3v) is 3.97. The molecule has 1 saturated heterocycles. The van der Waals surface area contributed by atoms with Crippen molar-refractivity contribution >= 4 is 16.6 Å². The Morgan fingerprint density at radius 1 is 1.26 bits per heavy atom. The minimum absolute atomic E-state index is 0.570. The number of pyridine rings is 1. The average molecular weight is 255 g/mol. The maximum Gasteiger partial charge on any atom is 0.0722 e. The smallest absolute Gasteiger partial charge is 0.0722 e. The third-order valence-electron chi connectivity index (χ3n) is 3.97. The van der Waals surface area contributed by atoms with Crippen LogP contribution in [-0.4, -0.2) is 30.7 Å². The van der Waals surface area contributed by atoms with Crippen LogP contribution in [0.3, 0.4) is 0 Å². The molecular weight excluding hydrogens is 234 g/mol. The lowest BCUT2D eigenvalue weighted by atomic mass is 10.0. The van der Waals surface area contributed by atoms with Crippen LogP contribution < -0.4 is 10.2 Å². The van der Waals surface area contributed by atoms with Crippen LogP contribution in [-0.2, 0) is 0 Å². The Hall–Kier alpha value is -1.61. The molecule has 1 atom stereocenters. The van der Waals surface area contributed by atoms with E-state index in [1.807, 2.05) is 12.3 Å². The monoisotopic (exact) mass is 255 g/mol. The van der Waals surface area contributed by atoms with Gasteiger partial charge in [0.25, 0.3) is 0 Å². The Balaban J connectivity index is 1.95. The molecule has 100 valence electrons. The van der Waals surface area contributed by atoms with Gasteiger partial charge in [-0.15, -0.1) is 0 Å². The fraction of sp³-hybridized carbons (Fsp3) is 0.438. The number of rotatable bonds is 2. The summed E-state index contributed by atoms with van der Waals surface area (Å²) in [5.74, 6) is 0.663. The van der Waals surface area contributed by atoms with Gasteiger partial charge in [0.05, 0.1) is 5.52 Å². The van der Waals surface area contributed by atoms with Crippen LogP contribution in [0.2, 0.25) is 0 Å². The molecule has 3 nitrogen and oxygen atoms in total. The maximum atomic E-state index is 4.45. The minimum atomic E-state index is 0.570. The Labute approximate surface area is 114 Å². The number of nitrogens with one attached hydrogen (secondary N) is 1. The molecule has 0 spiro atoms.